The van der Waals surface area contributed by atoms with Gasteiger partial charge in [0.25, 0.3) is 0 Å². The zero-order valence-corrected chi connectivity index (χ0v) is 13.1. The van der Waals surface area contributed by atoms with E-state index in [-0.39, 0.29) is 0 Å². The van der Waals surface area contributed by atoms with Gasteiger partial charge in [-0.05, 0) is 62.9 Å². The molecule has 0 aliphatic carbocycles. The van der Waals surface area contributed by atoms with E-state index in [1.165, 1.54) is 62.6 Å². The Hall–Kier alpha value is -0.510. The van der Waals surface area contributed by atoms with Gasteiger partial charge in [0.05, 0.1) is 0 Å². The summed E-state index contributed by atoms with van der Waals surface area (Å²) in [6, 6.07) is 10.8. The molecule has 0 saturated carbocycles. The predicted molar refractivity (Wildman–Crippen MR) is 87.3 cm³/mol. The van der Waals surface area contributed by atoms with Gasteiger partial charge in [0.1, 0.15) is 0 Å². The zero-order valence-electron chi connectivity index (χ0n) is 12.3. The van der Waals surface area contributed by atoms with Gasteiger partial charge in [-0.25, -0.2) is 0 Å². The van der Waals surface area contributed by atoms with Gasteiger partial charge >= 0.3 is 0 Å². The SMILES string of the molecule is c1ccc(SCC2CCN(CC3CCNCC3)C2)cc1. The fourth-order valence-corrected chi connectivity index (χ4v) is 4.42. The lowest BCUT2D eigenvalue weighted by molar-refractivity contribution is 0.236. The van der Waals surface area contributed by atoms with E-state index in [1.807, 2.05) is 11.8 Å². The Morgan fingerprint density at radius 2 is 1.85 bits per heavy atom. The van der Waals surface area contributed by atoms with Gasteiger partial charge in [0.2, 0.25) is 0 Å². The van der Waals surface area contributed by atoms with Crippen LogP contribution in [0.3, 0.4) is 0 Å². The number of nitrogens with zero attached hydrogens (tertiary/aromatic N) is 1. The first-order valence-electron chi connectivity index (χ1n) is 8.01. The van der Waals surface area contributed by atoms with Gasteiger partial charge in [0.15, 0.2) is 0 Å². The summed E-state index contributed by atoms with van der Waals surface area (Å²) in [5, 5.41) is 3.47. The molecule has 0 radical (unpaired) electrons. The van der Waals surface area contributed by atoms with Crippen LogP contribution in [0.5, 0.6) is 0 Å². The number of benzene rings is 1. The lowest BCUT2D eigenvalue weighted by atomic mass is 9.98. The predicted octanol–water partition coefficient (Wildman–Crippen LogP) is 3.10. The van der Waals surface area contributed by atoms with Crippen LogP contribution in [0.15, 0.2) is 35.2 Å². The third-order valence-electron chi connectivity index (χ3n) is 4.57. The third-order valence-corrected chi connectivity index (χ3v) is 5.82. The molecule has 2 aliphatic heterocycles. The van der Waals surface area contributed by atoms with E-state index in [1.54, 1.807) is 0 Å². The molecule has 1 aromatic carbocycles. The maximum absolute atomic E-state index is 3.47. The molecule has 2 nitrogen and oxygen atoms in total. The van der Waals surface area contributed by atoms with E-state index in [0.717, 1.165) is 11.8 Å². The summed E-state index contributed by atoms with van der Waals surface area (Å²) in [7, 11) is 0. The van der Waals surface area contributed by atoms with Crippen LogP contribution in [0.25, 0.3) is 0 Å². The summed E-state index contributed by atoms with van der Waals surface area (Å²) in [6.45, 7) is 6.44. The largest absolute Gasteiger partial charge is 0.317 e. The third kappa shape index (κ3) is 4.24. The van der Waals surface area contributed by atoms with Gasteiger partial charge in [-0.15, -0.1) is 11.8 Å². The minimum absolute atomic E-state index is 0.891. The fraction of sp³-hybridized carbons (Fsp3) is 0.647. The van der Waals surface area contributed by atoms with Crippen molar-refractivity contribution in [2.24, 2.45) is 11.8 Å². The second-order valence-electron chi connectivity index (χ2n) is 6.23. The molecule has 0 amide bonds. The Balaban J connectivity index is 1.38. The monoisotopic (exact) mass is 290 g/mol. The molecule has 3 heteroatoms. The Bertz CT molecular complexity index is 389. The topological polar surface area (TPSA) is 15.3 Å². The summed E-state index contributed by atoms with van der Waals surface area (Å²) < 4.78 is 0. The zero-order chi connectivity index (χ0) is 13.6. The van der Waals surface area contributed by atoms with Crippen molar-refractivity contribution in [3.63, 3.8) is 0 Å². The Labute approximate surface area is 127 Å². The first kappa shape index (κ1) is 14.4. The molecule has 1 aromatic rings. The lowest BCUT2D eigenvalue weighted by Gasteiger charge is -2.27. The van der Waals surface area contributed by atoms with E-state index in [9.17, 15) is 0 Å². The van der Waals surface area contributed by atoms with Crippen LogP contribution in [0.2, 0.25) is 0 Å². The first-order valence-corrected chi connectivity index (χ1v) is 8.99. The average Bonchev–Trinajstić information content (AvgIpc) is 2.95. The molecule has 20 heavy (non-hydrogen) atoms. The smallest absolute Gasteiger partial charge is 0.00720 e. The summed E-state index contributed by atoms with van der Waals surface area (Å²) in [5.41, 5.74) is 0. The van der Waals surface area contributed by atoms with Crippen LogP contribution in [0, 0.1) is 11.8 Å². The highest BCUT2D eigenvalue weighted by Crippen LogP contribution is 2.27. The number of likely N-dealkylation sites (tertiary alicyclic amines) is 1. The van der Waals surface area contributed by atoms with Crippen LogP contribution in [0.4, 0.5) is 0 Å². The van der Waals surface area contributed by atoms with Gasteiger partial charge in [-0.2, -0.15) is 0 Å². The molecular formula is C17H26N2S. The highest BCUT2D eigenvalue weighted by molar-refractivity contribution is 7.99. The van der Waals surface area contributed by atoms with Crippen molar-refractivity contribution < 1.29 is 0 Å². The van der Waals surface area contributed by atoms with E-state index in [4.69, 9.17) is 0 Å². The summed E-state index contributed by atoms with van der Waals surface area (Å²) in [6.07, 6.45) is 4.14. The number of rotatable bonds is 5. The minimum Gasteiger partial charge on any atom is -0.317 e. The number of hydrogen-bond donors (Lipinski definition) is 1. The molecule has 2 aliphatic rings. The molecule has 0 bridgehead atoms. The molecule has 2 saturated heterocycles. The maximum atomic E-state index is 3.47. The fourth-order valence-electron chi connectivity index (χ4n) is 3.37. The molecule has 1 N–H and O–H groups in total. The van der Waals surface area contributed by atoms with Gasteiger partial charge in [-0.3, -0.25) is 0 Å². The number of nitrogens with one attached hydrogen (secondary N) is 1. The highest BCUT2D eigenvalue weighted by Gasteiger charge is 2.25. The quantitative estimate of drug-likeness (QED) is 0.839. The van der Waals surface area contributed by atoms with Crippen LogP contribution in [-0.2, 0) is 0 Å². The Morgan fingerprint density at radius 3 is 2.65 bits per heavy atom. The molecule has 1 atom stereocenters. The van der Waals surface area contributed by atoms with E-state index in [2.05, 4.69) is 40.5 Å². The average molecular weight is 290 g/mol. The van der Waals surface area contributed by atoms with Crippen molar-refractivity contribution >= 4 is 11.8 Å². The maximum Gasteiger partial charge on any atom is 0.00720 e. The van der Waals surface area contributed by atoms with Gasteiger partial charge in [0, 0.05) is 23.7 Å². The molecule has 1 unspecified atom stereocenters. The van der Waals surface area contributed by atoms with Crippen LogP contribution < -0.4 is 5.32 Å². The summed E-state index contributed by atoms with van der Waals surface area (Å²) >= 11 is 2.03. The van der Waals surface area contributed by atoms with E-state index in [0.29, 0.717) is 0 Å². The molecular weight excluding hydrogens is 264 g/mol. The van der Waals surface area contributed by atoms with Crippen molar-refractivity contribution in [1.29, 1.82) is 0 Å². The van der Waals surface area contributed by atoms with Crippen molar-refractivity contribution in [2.45, 2.75) is 24.2 Å². The van der Waals surface area contributed by atoms with Crippen LogP contribution >= 0.6 is 11.8 Å². The summed E-state index contributed by atoms with van der Waals surface area (Å²) in [4.78, 5) is 4.14. The Morgan fingerprint density at radius 1 is 1.05 bits per heavy atom. The molecule has 0 aromatic heterocycles. The number of thioether (sulfide) groups is 1. The normalized spacial score (nSPS) is 25.1. The molecule has 110 valence electrons. The van der Waals surface area contributed by atoms with Crippen molar-refractivity contribution in [1.82, 2.24) is 10.2 Å². The van der Waals surface area contributed by atoms with Crippen molar-refractivity contribution in [3.05, 3.63) is 30.3 Å². The van der Waals surface area contributed by atoms with Gasteiger partial charge in [-0.1, -0.05) is 18.2 Å². The number of piperidine rings is 1. The molecule has 3 rings (SSSR count). The molecule has 2 fully saturated rings. The van der Waals surface area contributed by atoms with Crippen LogP contribution in [0.1, 0.15) is 19.3 Å². The minimum atomic E-state index is 0.891. The lowest BCUT2D eigenvalue weighted by Crippen LogP contribution is -2.35. The summed E-state index contributed by atoms with van der Waals surface area (Å²) in [5.74, 6) is 3.12. The second-order valence-corrected chi connectivity index (χ2v) is 7.33. The van der Waals surface area contributed by atoms with Gasteiger partial charge < -0.3 is 10.2 Å². The van der Waals surface area contributed by atoms with E-state index < -0.39 is 0 Å². The molecule has 2 heterocycles. The molecule has 0 spiro atoms. The van der Waals surface area contributed by atoms with E-state index >= 15 is 0 Å². The van der Waals surface area contributed by atoms with Crippen LogP contribution in [-0.4, -0.2) is 43.4 Å². The van der Waals surface area contributed by atoms with Crippen molar-refractivity contribution in [3.8, 4) is 0 Å². The standard InChI is InChI=1S/C17H26N2S/c1-2-4-17(5-3-1)20-14-16-8-11-19(13-16)12-15-6-9-18-10-7-15/h1-5,15-16,18H,6-14H2. The first-order chi connectivity index (χ1) is 9.90. The second kappa shape index (κ2) is 7.48. The van der Waals surface area contributed by atoms with Crippen molar-refractivity contribution in [2.75, 3.05) is 38.5 Å². The Kier molecular flexibility index (Phi) is 5.40. The number of hydrogen-bond acceptors (Lipinski definition) is 3. The highest BCUT2D eigenvalue weighted by atomic mass is 32.2.